The van der Waals surface area contributed by atoms with Crippen LogP contribution in [-0.2, 0) is 6.54 Å². The van der Waals surface area contributed by atoms with Crippen molar-refractivity contribution in [1.29, 1.82) is 0 Å². The molecule has 24 heavy (non-hydrogen) atoms. The van der Waals surface area contributed by atoms with Gasteiger partial charge in [0.25, 0.3) is 0 Å². The number of imidazole rings is 1. The molecule has 0 saturated carbocycles. The van der Waals surface area contributed by atoms with Crippen LogP contribution < -0.4 is 4.74 Å². The molecule has 0 N–H and O–H groups in total. The number of para-hydroxylation sites is 2. The Balaban J connectivity index is 1.83. The van der Waals surface area contributed by atoms with E-state index in [9.17, 15) is 9.18 Å². The van der Waals surface area contributed by atoms with Crippen molar-refractivity contribution in [2.45, 2.75) is 18.6 Å². The molecule has 124 valence electrons. The van der Waals surface area contributed by atoms with Crippen LogP contribution >= 0.6 is 11.8 Å². The van der Waals surface area contributed by atoms with Crippen LogP contribution in [0, 0.1) is 5.82 Å². The number of fused-ring (bicyclic) bond motifs is 1. The number of rotatable bonds is 6. The van der Waals surface area contributed by atoms with Crippen LogP contribution in [0.3, 0.4) is 0 Å². The molecule has 0 fully saturated rings. The molecule has 0 aliphatic rings. The summed E-state index contributed by atoms with van der Waals surface area (Å²) < 4.78 is 20.6. The van der Waals surface area contributed by atoms with Gasteiger partial charge in [-0.15, -0.1) is 0 Å². The van der Waals surface area contributed by atoms with Crippen LogP contribution in [-0.4, -0.2) is 28.2 Å². The van der Waals surface area contributed by atoms with Gasteiger partial charge in [0, 0.05) is 6.54 Å². The predicted octanol–water partition coefficient (Wildman–Crippen LogP) is 4.18. The zero-order chi connectivity index (χ0) is 17.1. The van der Waals surface area contributed by atoms with Gasteiger partial charge in [-0.3, -0.25) is 4.79 Å². The molecule has 4 nitrogen and oxygen atoms in total. The molecule has 3 rings (SSSR count). The number of hydrogen-bond donors (Lipinski definition) is 0. The average Bonchev–Trinajstić information content (AvgIpc) is 2.97. The van der Waals surface area contributed by atoms with Crippen molar-refractivity contribution >= 4 is 28.6 Å². The number of carbonyl (C=O) groups excluding carboxylic acids is 1. The number of halogens is 1. The van der Waals surface area contributed by atoms with Crippen LogP contribution in [0.2, 0.25) is 0 Å². The number of aromatic nitrogens is 2. The molecule has 0 spiro atoms. The number of thioether (sulfide) groups is 1. The van der Waals surface area contributed by atoms with Crippen LogP contribution in [0.25, 0.3) is 11.0 Å². The van der Waals surface area contributed by atoms with E-state index in [0.717, 1.165) is 22.7 Å². The Labute approximate surface area is 143 Å². The quantitative estimate of drug-likeness (QED) is 0.497. The SMILES string of the molecule is CCn1c(SCC(=O)c2cc(F)ccc2OC)nc2ccccc21. The maximum absolute atomic E-state index is 13.4. The van der Waals surface area contributed by atoms with Gasteiger partial charge in [-0.25, -0.2) is 9.37 Å². The third-order valence-electron chi connectivity index (χ3n) is 3.73. The first-order valence-corrected chi connectivity index (χ1v) is 8.57. The summed E-state index contributed by atoms with van der Waals surface area (Å²) in [5, 5.41) is 0.780. The Hall–Kier alpha value is -2.34. The highest BCUT2D eigenvalue weighted by atomic mass is 32.2. The average molecular weight is 344 g/mol. The third-order valence-corrected chi connectivity index (χ3v) is 4.71. The Bertz CT molecular complexity index is 892. The first-order chi connectivity index (χ1) is 11.6. The van der Waals surface area contributed by atoms with Gasteiger partial charge in [0.05, 0.1) is 29.5 Å². The second kappa shape index (κ2) is 7.05. The number of hydrogen-bond acceptors (Lipinski definition) is 4. The summed E-state index contributed by atoms with van der Waals surface area (Å²) in [5.41, 5.74) is 2.19. The Morgan fingerprint density at radius 1 is 1.29 bits per heavy atom. The lowest BCUT2D eigenvalue weighted by Crippen LogP contribution is -2.07. The lowest BCUT2D eigenvalue weighted by Gasteiger charge is -2.08. The molecule has 1 heterocycles. The fourth-order valence-electron chi connectivity index (χ4n) is 2.58. The lowest BCUT2D eigenvalue weighted by atomic mass is 10.1. The van der Waals surface area contributed by atoms with E-state index in [0.29, 0.717) is 5.75 Å². The van der Waals surface area contributed by atoms with E-state index in [2.05, 4.69) is 9.55 Å². The van der Waals surface area contributed by atoms with Crippen LogP contribution in [0.4, 0.5) is 4.39 Å². The molecule has 3 aromatic rings. The zero-order valence-electron chi connectivity index (χ0n) is 13.5. The summed E-state index contributed by atoms with van der Waals surface area (Å²) in [6, 6.07) is 11.8. The third kappa shape index (κ3) is 3.14. The highest BCUT2D eigenvalue weighted by Crippen LogP contribution is 2.26. The zero-order valence-corrected chi connectivity index (χ0v) is 14.3. The molecule has 0 aliphatic heterocycles. The van der Waals surface area contributed by atoms with Gasteiger partial charge < -0.3 is 9.30 Å². The maximum Gasteiger partial charge on any atom is 0.177 e. The molecular formula is C18H17FN2O2S. The fourth-order valence-corrected chi connectivity index (χ4v) is 3.54. The van der Waals surface area contributed by atoms with Gasteiger partial charge in [-0.05, 0) is 37.3 Å². The number of Topliss-reactive ketones (excluding diaryl/α,β-unsaturated/α-hetero) is 1. The van der Waals surface area contributed by atoms with Gasteiger partial charge in [-0.1, -0.05) is 23.9 Å². The van der Waals surface area contributed by atoms with Crippen LogP contribution in [0.5, 0.6) is 5.75 Å². The van der Waals surface area contributed by atoms with E-state index in [1.165, 1.54) is 37.1 Å². The van der Waals surface area contributed by atoms with Crippen molar-refractivity contribution < 1.29 is 13.9 Å². The largest absolute Gasteiger partial charge is 0.496 e. The fraction of sp³-hybridized carbons (Fsp3) is 0.222. The monoisotopic (exact) mass is 344 g/mol. The summed E-state index contributed by atoms with van der Waals surface area (Å²) >= 11 is 1.35. The molecule has 0 saturated heterocycles. The standard InChI is InChI=1S/C18H17FN2O2S/c1-3-21-15-7-5-4-6-14(15)20-18(21)24-11-16(22)13-10-12(19)8-9-17(13)23-2/h4-10H,3,11H2,1-2H3. The Kier molecular flexibility index (Phi) is 4.85. The second-order valence-corrected chi connectivity index (χ2v) is 6.13. The second-order valence-electron chi connectivity index (χ2n) is 5.18. The lowest BCUT2D eigenvalue weighted by molar-refractivity contribution is 0.101. The molecule has 1 aromatic heterocycles. The summed E-state index contributed by atoms with van der Waals surface area (Å²) in [6.07, 6.45) is 0. The van der Waals surface area contributed by atoms with Crippen LogP contribution in [0.15, 0.2) is 47.6 Å². The minimum absolute atomic E-state index is 0.170. The molecule has 0 radical (unpaired) electrons. The topological polar surface area (TPSA) is 44.1 Å². The molecule has 0 atom stereocenters. The van der Waals surface area contributed by atoms with E-state index in [-0.39, 0.29) is 17.1 Å². The van der Waals surface area contributed by atoms with Crippen LogP contribution in [0.1, 0.15) is 17.3 Å². The number of nitrogens with zero attached hydrogens (tertiary/aromatic N) is 2. The van der Waals surface area contributed by atoms with E-state index < -0.39 is 5.82 Å². The predicted molar refractivity (Wildman–Crippen MR) is 93.4 cm³/mol. The molecule has 0 amide bonds. The van der Waals surface area contributed by atoms with E-state index in [4.69, 9.17) is 4.74 Å². The molecule has 2 aromatic carbocycles. The highest BCUT2D eigenvalue weighted by molar-refractivity contribution is 7.99. The van der Waals surface area contributed by atoms with Gasteiger partial charge in [0.15, 0.2) is 10.9 Å². The minimum Gasteiger partial charge on any atom is -0.496 e. The van der Waals surface area contributed by atoms with Crippen molar-refractivity contribution in [1.82, 2.24) is 9.55 Å². The number of carbonyl (C=O) groups is 1. The number of aryl methyl sites for hydroxylation is 1. The van der Waals surface area contributed by atoms with Gasteiger partial charge in [0.1, 0.15) is 11.6 Å². The number of ether oxygens (including phenoxy) is 1. The smallest absolute Gasteiger partial charge is 0.177 e. The molecule has 0 aliphatic carbocycles. The van der Waals surface area contributed by atoms with Crippen molar-refractivity contribution in [3.05, 3.63) is 53.8 Å². The Morgan fingerprint density at radius 3 is 2.83 bits per heavy atom. The molecule has 6 heteroatoms. The van der Waals surface area contributed by atoms with Crippen molar-refractivity contribution in [2.75, 3.05) is 12.9 Å². The summed E-state index contributed by atoms with van der Waals surface area (Å²) in [7, 11) is 1.47. The van der Waals surface area contributed by atoms with Crippen molar-refractivity contribution in [3.63, 3.8) is 0 Å². The minimum atomic E-state index is -0.454. The van der Waals surface area contributed by atoms with Gasteiger partial charge in [-0.2, -0.15) is 0 Å². The first kappa shape index (κ1) is 16.5. The normalized spacial score (nSPS) is 11.0. The van der Waals surface area contributed by atoms with E-state index in [1.807, 2.05) is 31.2 Å². The summed E-state index contributed by atoms with van der Waals surface area (Å²) in [6.45, 7) is 2.80. The van der Waals surface area contributed by atoms with Crippen molar-refractivity contribution in [3.8, 4) is 5.75 Å². The van der Waals surface area contributed by atoms with Crippen molar-refractivity contribution in [2.24, 2.45) is 0 Å². The number of benzene rings is 2. The maximum atomic E-state index is 13.4. The highest BCUT2D eigenvalue weighted by Gasteiger charge is 2.16. The molecular weight excluding hydrogens is 327 g/mol. The number of methoxy groups -OCH3 is 1. The van der Waals surface area contributed by atoms with Gasteiger partial charge >= 0.3 is 0 Å². The summed E-state index contributed by atoms with van der Waals surface area (Å²) in [5.74, 6) is -0.0923. The van der Waals surface area contributed by atoms with Gasteiger partial charge in [0.2, 0.25) is 0 Å². The molecule has 0 bridgehead atoms. The number of ketones is 1. The Morgan fingerprint density at radius 2 is 2.08 bits per heavy atom. The van der Waals surface area contributed by atoms with E-state index >= 15 is 0 Å². The van der Waals surface area contributed by atoms with E-state index in [1.54, 1.807) is 0 Å². The summed E-state index contributed by atoms with van der Waals surface area (Å²) in [4.78, 5) is 17.0. The molecule has 0 unspecified atom stereocenters. The first-order valence-electron chi connectivity index (χ1n) is 7.58.